The molecule has 0 aliphatic rings. The molecule has 0 bridgehead atoms. The second kappa shape index (κ2) is 8.31. The van der Waals surface area contributed by atoms with Crippen molar-refractivity contribution in [2.24, 2.45) is 0 Å². The van der Waals surface area contributed by atoms with Gasteiger partial charge in [-0.3, -0.25) is 0 Å². The molecule has 9 heteroatoms. The number of carboxylic acids is 1. The summed E-state index contributed by atoms with van der Waals surface area (Å²) < 4.78 is 16.4. The Balaban J connectivity index is 0.000000196. The Kier molecular flexibility index (Phi) is 5.78. The summed E-state index contributed by atoms with van der Waals surface area (Å²) in [6.07, 6.45) is 0. The van der Waals surface area contributed by atoms with Gasteiger partial charge in [-0.15, -0.1) is 0 Å². The first-order valence-corrected chi connectivity index (χ1v) is 9.15. The first-order valence-electron chi connectivity index (χ1n) is 9.15. The molecule has 0 saturated heterocycles. The zero-order valence-electron chi connectivity index (χ0n) is 16.9. The number of aromatic hydroxyl groups is 3. The van der Waals surface area contributed by atoms with Crippen molar-refractivity contribution in [3.63, 3.8) is 0 Å². The third-order valence-corrected chi connectivity index (χ3v) is 4.45. The van der Waals surface area contributed by atoms with Gasteiger partial charge in [-0.25, -0.2) is 9.59 Å². The maximum atomic E-state index is 11.2. The zero-order chi connectivity index (χ0) is 22.9. The van der Waals surface area contributed by atoms with Gasteiger partial charge in [0.25, 0.3) is 0 Å². The van der Waals surface area contributed by atoms with Crippen molar-refractivity contribution in [2.75, 3.05) is 7.11 Å². The van der Waals surface area contributed by atoms with Crippen LogP contribution in [-0.4, -0.2) is 33.5 Å². The van der Waals surface area contributed by atoms with Crippen LogP contribution in [0, 0.1) is 0 Å². The van der Waals surface area contributed by atoms with E-state index in [0.29, 0.717) is 11.2 Å². The third-order valence-electron chi connectivity index (χ3n) is 4.45. The Hall–Kier alpha value is -4.14. The molecule has 0 aliphatic heterocycles. The molecule has 0 aliphatic carbocycles. The number of benzene rings is 2. The molecular formula is C22H20O9. The van der Waals surface area contributed by atoms with Crippen molar-refractivity contribution in [3.8, 4) is 23.0 Å². The van der Waals surface area contributed by atoms with E-state index in [1.54, 1.807) is 19.2 Å². The maximum Gasteiger partial charge on any atom is 0.336 e. The average molecular weight is 428 g/mol. The van der Waals surface area contributed by atoms with Crippen LogP contribution in [0.2, 0.25) is 0 Å². The van der Waals surface area contributed by atoms with E-state index in [-0.39, 0.29) is 17.1 Å². The highest BCUT2D eigenvalue weighted by Crippen LogP contribution is 2.39. The number of hydrogen-bond acceptors (Lipinski definition) is 8. The van der Waals surface area contributed by atoms with Gasteiger partial charge < -0.3 is 34.0 Å². The van der Waals surface area contributed by atoms with Gasteiger partial charge in [0.15, 0.2) is 23.0 Å². The molecule has 2 aromatic carbocycles. The Bertz CT molecular complexity index is 1310. The van der Waals surface area contributed by atoms with E-state index in [9.17, 15) is 9.59 Å². The van der Waals surface area contributed by atoms with Crippen LogP contribution in [0.1, 0.15) is 35.9 Å². The molecule has 9 nitrogen and oxygen atoms in total. The number of aromatic carboxylic acids is 1. The van der Waals surface area contributed by atoms with Crippen molar-refractivity contribution in [2.45, 2.75) is 19.8 Å². The lowest BCUT2D eigenvalue weighted by Gasteiger charge is -2.03. The number of hydrogen-bond donors (Lipinski definition) is 4. The highest BCUT2D eigenvalue weighted by molar-refractivity contribution is 5.97. The van der Waals surface area contributed by atoms with Crippen molar-refractivity contribution in [1.82, 2.24) is 0 Å². The van der Waals surface area contributed by atoms with Gasteiger partial charge in [-0.2, -0.15) is 0 Å². The molecule has 0 saturated carbocycles. The standard InChI is InChI=1S/C15H14O4.C7H6O5/c1-8(2)14-15(17-3)10-6-9-4-5-13(16)18-11(9)7-12(10)19-14;8-4-1-3(7(11)12)2-5(9)6(4)10/h4-8H,1-3H3;1-2,8-10H,(H,11,12). The molecule has 0 fully saturated rings. The largest absolute Gasteiger partial charge is 0.504 e. The predicted molar refractivity (Wildman–Crippen MR) is 111 cm³/mol. The first-order chi connectivity index (χ1) is 14.6. The molecule has 0 spiro atoms. The fourth-order valence-electron chi connectivity index (χ4n) is 2.97. The molecule has 0 radical (unpaired) electrons. The summed E-state index contributed by atoms with van der Waals surface area (Å²) in [6, 6.07) is 8.49. The molecular weight excluding hydrogens is 408 g/mol. The number of carboxylic acid groups (broad SMARTS) is 1. The summed E-state index contributed by atoms with van der Waals surface area (Å²) in [7, 11) is 1.63. The lowest BCUT2D eigenvalue weighted by Crippen LogP contribution is -1.95. The molecule has 0 amide bonds. The number of methoxy groups -OCH3 is 1. The lowest BCUT2D eigenvalue weighted by molar-refractivity contribution is 0.0696. The number of ether oxygens (including phenoxy) is 1. The smallest absolute Gasteiger partial charge is 0.336 e. The van der Waals surface area contributed by atoms with Gasteiger partial charge in [0.05, 0.1) is 18.1 Å². The maximum absolute atomic E-state index is 11.2. The normalized spacial score (nSPS) is 10.8. The molecule has 2 aromatic heterocycles. The minimum Gasteiger partial charge on any atom is -0.504 e. The molecule has 162 valence electrons. The Labute approximate surface area is 175 Å². The minimum atomic E-state index is -1.29. The van der Waals surface area contributed by atoms with Crippen LogP contribution in [0.25, 0.3) is 21.9 Å². The molecule has 4 aromatic rings. The van der Waals surface area contributed by atoms with Crippen molar-refractivity contribution < 1.29 is 38.8 Å². The Morgan fingerprint density at radius 2 is 1.61 bits per heavy atom. The quantitative estimate of drug-likeness (QED) is 0.278. The molecule has 4 N–H and O–H groups in total. The van der Waals surface area contributed by atoms with Crippen molar-refractivity contribution in [3.05, 3.63) is 58.1 Å². The highest BCUT2D eigenvalue weighted by Gasteiger charge is 2.18. The molecule has 2 heterocycles. The topological polar surface area (TPSA) is 151 Å². The summed E-state index contributed by atoms with van der Waals surface area (Å²) in [4.78, 5) is 21.5. The molecule has 4 rings (SSSR count). The van der Waals surface area contributed by atoms with Crippen LogP contribution in [0.15, 0.2) is 50.0 Å². The summed E-state index contributed by atoms with van der Waals surface area (Å²) in [5, 5.41) is 36.7. The van der Waals surface area contributed by atoms with Crippen molar-refractivity contribution in [1.29, 1.82) is 0 Å². The average Bonchev–Trinajstić information content (AvgIpc) is 3.08. The predicted octanol–water partition coefficient (Wildman–Crippen LogP) is 4.17. The van der Waals surface area contributed by atoms with Crippen molar-refractivity contribution >= 4 is 27.9 Å². The fourth-order valence-corrected chi connectivity index (χ4v) is 2.97. The van der Waals surface area contributed by atoms with Crippen LogP contribution in [0.4, 0.5) is 0 Å². The van der Waals surface area contributed by atoms with E-state index in [0.717, 1.165) is 34.4 Å². The van der Waals surface area contributed by atoms with E-state index in [1.807, 2.05) is 19.9 Å². The van der Waals surface area contributed by atoms with E-state index >= 15 is 0 Å². The molecule has 0 atom stereocenters. The number of rotatable bonds is 3. The van der Waals surface area contributed by atoms with Crippen LogP contribution >= 0.6 is 0 Å². The van der Waals surface area contributed by atoms with Gasteiger partial charge >= 0.3 is 11.6 Å². The fraction of sp³-hybridized carbons (Fsp3) is 0.182. The van der Waals surface area contributed by atoms with E-state index < -0.39 is 23.2 Å². The van der Waals surface area contributed by atoms with Gasteiger partial charge in [0.1, 0.15) is 16.9 Å². The van der Waals surface area contributed by atoms with Gasteiger partial charge in [-0.05, 0) is 24.3 Å². The number of furan rings is 1. The minimum absolute atomic E-state index is 0.220. The summed E-state index contributed by atoms with van der Waals surface area (Å²) >= 11 is 0. The number of phenols is 3. The number of carbonyl (C=O) groups is 1. The summed E-state index contributed by atoms with van der Waals surface area (Å²) in [5.74, 6) is -1.56. The van der Waals surface area contributed by atoms with Crippen LogP contribution in [-0.2, 0) is 0 Å². The number of phenolic OH excluding ortho intramolecular Hbond substituents is 3. The van der Waals surface area contributed by atoms with E-state index in [2.05, 4.69) is 0 Å². The summed E-state index contributed by atoms with van der Waals surface area (Å²) in [6.45, 7) is 4.08. The molecule has 31 heavy (non-hydrogen) atoms. The van der Waals surface area contributed by atoms with E-state index in [4.69, 9.17) is 34.0 Å². The van der Waals surface area contributed by atoms with Crippen LogP contribution in [0.3, 0.4) is 0 Å². The second-order valence-corrected chi connectivity index (χ2v) is 6.96. The van der Waals surface area contributed by atoms with Gasteiger partial charge in [0.2, 0.25) is 0 Å². The lowest BCUT2D eigenvalue weighted by atomic mass is 10.1. The Morgan fingerprint density at radius 3 is 2.16 bits per heavy atom. The first kappa shape index (κ1) is 21.6. The Morgan fingerprint density at radius 1 is 0.968 bits per heavy atom. The van der Waals surface area contributed by atoms with Crippen LogP contribution < -0.4 is 10.4 Å². The van der Waals surface area contributed by atoms with Gasteiger partial charge in [0, 0.05) is 23.4 Å². The second-order valence-electron chi connectivity index (χ2n) is 6.96. The monoisotopic (exact) mass is 428 g/mol. The summed E-state index contributed by atoms with van der Waals surface area (Å²) in [5.41, 5.74) is 0.534. The van der Waals surface area contributed by atoms with Crippen LogP contribution in [0.5, 0.6) is 23.0 Å². The number of fused-ring (bicyclic) bond motifs is 2. The SMILES string of the molecule is COc1c(C(C)C)oc2cc3oc(=O)ccc3cc12.O=C(O)c1cc(O)c(O)c(O)c1. The zero-order valence-corrected chi connectivity index (χ0v) is 16.9. The molecule has 0 unspecified atom stereocenters. The van der Waals surface area contributed by atoms with E-state index in [1.165, 1.54) is 6.07 Å². The third kappa shape index (κ3) is 4.25. The highest BCUT2D eigenvalue weighted by atomic mass is 16.5. The van der Waals surface area contributed by atoms with Gasteiger partial charge in [-0.1, -0.05) is 13.8 Å².